The van der Waals surface area contributed by atoms with Gasteiger partial charge in [-0.2, -0.15) is 0 Å². The maximum absolute atomic E-state index is 10.8. The minimum atomic E-state index is -3.75. The second-order valence-corrected chi connectivity index (χ2v) is 0.973. The van der Waals surface area contributed by atoms with Gasteiger partial charge < -0.3 is 9.59 Å². The SMILES string of the molecule is [2H]C([2H])([2H])[N+](C([2H])([2H])[2H])(C([2H])([2H])[2H])C([2H])([2H])[13CH2][O-]. The average molecular weight is 115 g/mol. The van der Waals surface area contributed by atoms with Crippen LogP contribution >= 0.6 is 0 Å². The highest BCUT2D eigenvalue weighted by molar-refractivity contribution is 4.17. The van der Waals surface area contributed by atoms with E-state index in [2.05, 4.69) is 0 Å². The van der Waals surface area contributed by atoms with Gasteiger partial charge in [0.25, 0.3) is 0 Å². The Morgan fingerprint density at radius 2 is 2.29 bits per heavy atom. The van der Waals surface area contributed by atoms with Gasteiger partial charge >= 0.3 is 0 Å². The van der Waals surface area contributed by atoms with Crippen LogP contribution in [0, 0.1) is 0 Å². The molecule has 0 aliphatic rings. The van der Waals surface area contributed by atoms with Crippen molar-refractivity contribution in [3.63, 3.8) is 0 Å². The van der Waals surface area contributed by atoms with Crippen molar-refractivity contribution in [2.75, 3.05) is 34.0 Å². The maximum atomic E-state index is 10.8. The van der Waals surface area contributed by atoms with E-state index >= 15 is 0 Å². The van der Waals surface area contributed by atoms with Crippen LogP contribution < -0.4 is 5.11 Å². The first-order chi connectivity index (χ1) is 7.56. The topological polar surface area (TPSA) is 23.1 Å². The van der Waals surface area contributed by atoms with Gasteiger partial charge in [0.2, 0.25) is 0 Å². The molecule has 0 amide bonds. The van der Waals surface area contributed by atoms with E-state index in [0.29, 0.717) is 0 Å². The molecule has 0 aromatic heterocycles. The lowest BCUT2D eigenvalue weighted by Crippen LogP contribution is -2.39. The van der Waals surface area contributed by atoms with Crippen molar-refractivity contribution in [1.29, 1.82) is 0 Å². The molecule has 44 valence electrons. The lowest BCUT2D eigenvalue weighted by atomic mass is 10.7. The molecule has 0 saturated heterocycles. The van der Waals surface area contributed by atoms with Crippen LogP contribution in [0.3, 0.4) is 0 Å². The summed E-state index contributed by atoms with van der Waals surface area (Å²) < 4.78 is 75.7. The monoisotopic (exact) mass is 115 g/mol. The number of rotatable bonds is 2. The second-order valence-electron chi connectivity index (χ2n) is 0.973. The van der Waals surface area contributed by atoms with Crippen LogP contribution in [0.15, 0.2) is 0 Å². The fraction of sp³-hybridized carbons (Fsp3) is 1.00. The van der Waals surface area contributed by atoms with Crippen LogP contribution in [0.2, 0.25) is 0 Å². The third kappa shape index (κ3) is 5.92. The average Bonchev–Trinajstić information content (AvgIpc) is 1.94. The minimum Gasteiger partial charge on any atom is -0.850 e. The summed E-state index contributed by atoms with van der Waals surface area (Å²) in [5.74, 6) is 0. The molecule has 0 fully saturated rings. The predicted octanol–water partition coefficient (Wildman–Crippen LogP) is -0.947. The molecule has 2 nitrogen and oxygen atoms in total. The van der Waals surface area contributed by atoms with Crippen LogP contribution in [0.25, 0.3) is 0 Å². The summed E-state index contributed by atoms with van der Waals surface area (Å²) in [5.41, 5.74) is 0. The Labute approximate surface area is 60.4 Å². The molecule has 0 heterocycles. The highest BCUT2D eigenvalue weighted by Gasteiger charge is 1.99. The number of quaternary nitrogens is 1. The Balaban J connectivity index is 6.47. The van der Waals surface area contributed by atoms with Gasteiger partial charge in [0.1, 0.15) is 0 Å². The first-order valence-corrected chi connectivity index (χ1v) is 1.54. The third-order valence-corrected chi connectivity index (χ3v) is 0.302. The Bertz CT molecular complexity index is 262. The van der Waals surface area contributed by atoms with Gasteiger partial charge in [-0.1, -0.05) is 6.61 Å². The molecule has 7 heavy (non-hydrogen) atoms. The Morgan fingerprint density at radius 3 is 2.43 bits per heavy atom. The summed E-state index contributed by atoms with van der Waals surface area (Å²) >= 11 is 0. The summed E-state index contributed by atoms with van der Waals surface area (Å²) in [4.78, 5) is 0. The molecule has 0 radical (unpaired) electrons. The molecule has 0 aromatic rings. The summed E-state index contributed by atoms with van der Waals surface area (Å²) in [6, 6.07) is 0. The lowest BCUT2D eigenvalue weighted by Gasteiger charge is -2.25. The largest absolute Gasteiger partial charge is 0.850 e. The van der Waals surface area contributed by atoms with Gasteiger partial charge in [-0.05, 0) is 0 Å². The highest BCUT2D eigenvalue weighted by Crippen LogP contribution is 1.83. The zero-order valence-corrected chi connectivity index (χ0v) is 3.56. The standard InChI is InChI=1S/C5H13NO/c1-6(2,3)4-5-7/h4-5H2,1-3H3/i1D3,2D3,3D3,4D2,5+1. The van der Waals surface area contributed by atoms with Gasteiger partial charge in [-0.15, -0.1) is 0 Å². The number of hydrogen-bond donors (Lipinski definition) is 0. The quantitative estimate of drug-likeness (QED) is 0.336. The Morgan fingerprint density at radius 1 is 1.71 bits per heavy atom. The molecule has 0 rings (SSSR count). The van der Waals surface area contributed by atoms with Crippen LogP contribution in [0.1, 0.15) is 15.1 Å². The number of likely N-dealkylation sites (N-methyl/N-ethyl adjacent to an activating group) is 1. The molecule has 0 atom stereocenters. The van der Waals surface area contributed by atoms with Gasteiger partial charge in [0.05, 0.1) is 42.5 Å². The minimum absolute atomic E-state index is 1.80. The van der Waals surface area contributed by atoms with E-state index in [4.69, 9.17) is 15.1 Å². The summed E-state index contributed by atoms with van der Waals surface area (Å²) in [6.45, 7) is -16.5. The van der Waals surface area contributed by atoms with E-state index in [-0.39, 0.29) is 0 Å². The highest BCUT2D eigenvalue weighted by atomic mass is 16.3. The van der Waals surface area contributed by atoms with Crippen LogP contribution in [0.5, 0.6) is 0 Å². The summed E-state index contributed by atoms with van der Waals surface area (Å²) in [7, 11) is 0. The summed E-state index contributed by atoms with van der Waals surface area (Å²) in [5, 5.41) is 10.8. The van der Waals surface area contributed by atoms with Crippen molar-refractivity contribution < 1.29 is 24.7 Å². The van der Waals surface area contributed by atoms with Crippen LogP contribution in [0.4, 0.5) is 0 Å². The normalized spacial score (nSPS) is 42.7. The first kappa shape index (κ1) is 0.847. The first-order valence-electron chi connectivity index (χ1n) is 7.04. The van der Waals surface area contributed by atoms with Gasteiger partial charge in [-0.3, -0.25) is 0 Å². The predicted molar refractivity (Wildman–Crippen MR) is 27.8 cm³/mol. The molecule has 0 aliphatic carbocycles. The van der Waals surface area contributed by atoms with E-state index in [9.17, 15) is 5.11 Å². The molecule has 0 N–H and O–H groups in total. The number of hydrogen-bond acceptors (Lipinski definition) is 1. The van der Waals surface area contributed by atoms with Crippen LogP contribution in [-0.4, -0.2) is 38.5 Å². The zero-order chi connectivity index (χ0) is 15.2. The second kappa shape index (κ2) is 2.28. The molecular weight excluding hydrogens is 91.1 g/mol. The smallest absolute Gasteiger partial charge is 0.0909 e. The fourth-order valence-electron chi connectivity index (χ4n) is 0.0968. The molecule has 2 heteroatoms. The van der Waals surface area contributed by atoms with Gasteiger partial charge in [0, 0.05) is 0 Å². The molecule has 0 saturated carbocycles. The summed E-state index contributed by atoms with van der Waals surface area (Å²) in [6.07, 6.45) is 0. The molecule has 0 aliphatic heterocycles. The van der Waals surface area contributed by atoms with Crippen molar-refractivity contribution in [2.45, 2.75) is 0 Å². The molecular formula is C5H13NO. The van der Waals surface area contributed by atoms with Crippen molar-refractivity contribution >= 4 is 0 Å². The van der Waals surface area contributed by atoms with Crippen molar-refractivity contribution in [3.8, 4) is 0 Å². The molecule has 0 spiro atoms. The molecule has 0 unspecified atom stereocenters. The van der Waals surface area contributed by atoms with Crippen LogP contribution in [-0.2, 0) is 0 Å². The van der Waals surface area contributed by atoms with E-state index in [1.54, 1.807) is 0 Å². The van der Waals surface area contributed by atoms with Crippen molar-refractivity contribution in [3.05, 3.63) is 0 Å². The van der Waals surface area contributed by atoms with E-state index in [1.807, 2.05) is 0 Å². The maximum Gasteiger partial charge on any atom is 0.0909 e. The fourth-order valence-corrected chi connectivity index (χ4v) is 0.0968. The third-order valence-electron chi connectivity index (χ3n) is 0.302. The van der Waals surface area contributed by atoms with E-state index in [1.165, 1.54) is 0 Å². The van der Waals surface area contributed by atoms with E-state index < -0.39 is 38.5 Å². The Hall–Kier alpha value is -0.0800. The van der Waals surface area contributed by atoms with Crippen molar-refractivity contribution in [2.24, 2.45) is 0 Å². The van der Waals surface area contributed by atoms with E-state index in [0.717, 1.165) is 0 Å². The van der Waals surface area contributed by atoms with Crippen molar-refractivity contribution in [1.82, 2.24) is 0 Å². The van der Waals surface area contributed by atoms with Gasteiger partial charge in [0.15, 0.2) is 0 Å². The number of nitrogens with zero attached hydrogens (tertiary/aromatic N) is 1. The molecule has 0 bridgehead atoms. The lowest BCUT2D eigenvalue weighted by molar-refractivity contribution is -0.875. The van der Waals surface area contributed by atoms with Gasteiger partial charge in [-0.25, -0.2) is 0 Å². The Kier molecular flexibility index (Phi) is 0.276. The molecule has 0 aromatic carbocycles. The zero-order valence-electron chi connectivity index (χ0n) is 14.6.